The Labute approximate surface area is 192 Å². The van der Waals surface area contributed by atoms with E-state index < -0.39 is 11.6 Å². The largest absolute Gasteiger partial charge is 0.486 e. The number of hydrogen-bond donors (Lipinski definition) is 0. The number of ether oxygens (including phenoxy) is 1. The highest BCUT2D eigenvalue weighted by atomic mass is 19.2. The van der Waals surface area contributed by atoms with Crippen molar-refractivity contribution >= 4 is 0 Å². The second kappa shape index (κ2) is 9.95. The Hall–Kier alpha value is -3.53. The van der Waals surface area contributed by atoms with Gasteiger partial charge in [0.2, 0.25) is 5.82 Å². The Morgan fingerprint density at radius 3 is 1.97 bits per heavy atom. The summed E-state index contributed by atoms with van der Waals surface area (Å²) in [5.41, 5.74) is 5.03. The number of benzene rings is 4. The van der Waals surface area contributed by atoms with Gasteiger partial charge in [0.15, 0.2) is 11.6 Å². The molecule has 4 aromatic carbocycles. The number of rotatable bonds is 7. The van der Waals surface area contributed by atoms with Crippen LogP contribution in [0.5, 0.6) is 5.75 Å². The maximum absolute atomic E-state index is 14.7. The molecular weight excluding hydrogens is 421 g/mol. The average Bonchev–Trinajstić information content (AvgIpc) is 2.83. The number of aryl methyl sites for hydroxylation is 2. The zero-order valence-corrected chi connectivity index (χ0v) is 18.7. The quantitative estimate of drug-likeness (QED) is 0.278. The molecule has 0 saturated heterocycles. The van der Waals surface area contributed by atoms with Gasteiger partial charge in [0.25, 0.3) is 0 Å². The summed E-state index contributed by atoms with van der Waals surface area (Å²) >= 11 is 0. The second-order valence-corrected chi connectivity index (χ2v) is 8.14. The van der Waals surface area contributed by atoms with Crippen LogP contribution in [0.1, 0.15) is 30.0 Å². The molecule has 0 radical (unpaired) electrons. The molecule has 0 spiro atoms. The smallest absolute Gasteiger partial charge is 0.201 e. The molecule has 168 valence electrons. The van der Waals surface area contributed by atoms with E-state index in [2.05, 4.69) is 6.92 Å². The third-order valence-corrected chi connectivity index (χ3v) is 5.70. The molecular formula is C29H25F3O. The Bertz CT molecular complexity index is 1250. The maximum atomic E-state index is 14.7. The van der Waals surface area contributed by atoms with Crippen LogP contribution in [0.15, 0.2) is 78.9 Å². The standard InChI is InChI=1S/C29H25F3O/c1-3-4-20-6-13-23(14-7-20)25-15-16-27(29(32)28(25)31)33-18-21-8-11-22(12-9-21)24-10-5-19(2)26(30)17-24/h5-17H,3-4,18H2,1-2H3. The fourth-order valence-corrected chi connectivity index (χ4v) is 3.73. The van der Waals surface area contributed by atoms with E-state index in [1.54, 1.807) is 13.0 Å². The van der Waals surface area contributed by atoms with Crippen molar-refractivity contribution in [2.75, 3.05) is 0 Å². The van der Waals surface area contributed by atoms with Gasteiger partial charge >= 0.3 is 0 Å². The average molecular weight is 447 g/mol. The van der Waals surface area contributed by atoms with Crippen LogP contribution in [0, 0.1) is 24.4 Å². The molecule has 0 N–H and O–H groups in total. The summed E-state index contributed by atoms with van der Waals surface area (Å²) in [7, 11) is 0. The molecule has 4 aromatic rings. The molecule has 4 heteroatoms. The lowest BCUT2D eigenvalue weighted by Gasteiger charge is -2.11. The predicted octanol–water partition coefficient (Wildman–Crippen LogP) is 8.28. The summed E-state index contributed by atoms with van der Waals surface area (Å²) in [6.07, 6.45) is 1.98. The van der Waals surface area contributed by atoms with Gasteiger partial charge in [-0.15, -0.1) is 0 Å². The Morgan fingerprint density at radius 1 is 0.667 bits per heavy atom. The molecule has 0 aliphatic heterocycles. The van der Waals surface area contributed by atoms with Crippen molar-refractivity contribution in [3.63, 3.8) is 0 Å². The molecule has 4 rings (SSSR count). The van der Waals surface area contributed by atoms with Crippen LogP contribution in [0.3, 0.4) is 0 Å². The third kappa shape index (κ3) is 5.11. The van der Waals surface area contributed by atoms with Gasteiger partial charge in [0, 0.05) is 5.56 Å². The van der Waals surface area contributed by atoms with Crippen molar-refractivity contribution in [3.05, 3.63) is 113 Å². The lowest BCUT2D eigenvalue weighted by Crippen LogP contribution is -2.00. The minimum Gasteiger partial charge on any atom is -0.486 e. The Balaban J connectivity index is 1.46. The van der Waals surface area contributed by atoms with E-state index in [0.29, 0.717) is 11.1 Å². The van der Waals surface area contributed by atoms with Gasteiger partial charge in [-0.3, -0.25) is 0 Å². The first-order chi connectivity index (χ1) is 16.0. The van der Waals surface area contributed by atoms with E-state index in [9.17, 15) is 13.2 Å². The molecule has 0 atom stereocenters. The summed E-state index contributed by atoms with van der Waals surface area (Å²) in [5, 5.41) is 0. The van der Waals surface area contributed by atoms with Gasteiger partial charge < -0.3 is 4.74 Å². The third-order valence-electron chi connectivity index (χ3n) is 5.70. The van der Waals surface area contributed by atoms with E-state index in [0.717, 1.165) is 29.5 Å². The lowest BCUT2D eigenvalue weighted by atomic mass is 10.0. The zero-order chi connectivity index (χ0) is 23.4. The minimum atomic E-state index is -1.00. The van der Waals surface area contributed by atoms with Gasteiger partial charge in [-0.2, -0.15) is 4.39 Å². The molecule has 0 fully saturated rings. The first-order valence-electron chi connectivity index (χ1n) is 11.0. The Morgan fingerprint density at radius 2 is 1.30 bits per heavy atom. The molecule has 33 heavy (non-hydrogen) atoms. The molecule has 0 aromatic heterocycles. The van der Waals surface area contributed by atoms with Gasteiger partial charge in [-0.1, -0.05) is 74.0 Å². The Kier molecular flexibility index (Phi) is 6.83. The highest BCUT2D eigenvalue weighted by Crippen LogP contribution is 2.31. The summed E-state index contributed by atoms with van der Waals surface area (Å²) < 4.78 is 48.8. The van der Waals surface area contributed by atoms with Crippen molar-refractivity contribution in [2.24, 2.45) is 0 Å². The molecule has 0 aliphatic rings. The molecule has 0 saturated carbocycles. The lowest BCUT2D eigenvalue weighted by molar-refractivity contribution is 0.285. The zero-order valence-electron chi connectivity index (χ0n) is 18.7. The van der Waals surface area contributed by atoms with Crippen molar-refractivity contribution < 1.29 is 17.9 Å². The summed E-state index contributed by atoms with van der Waals surface area (Å²) in [5.74, 6) is -2.31. The molecule has 0 heterocycles. The van der Waals surface area contributed by atoms with Gasteiger partial charge in [0.05, 0.1) is 0 Å². The first kappa shape index (κ1) is 22.7. The van der Waals surface area contributed by atoms with Gasteiger partial charge in [-0.05, 0) is 64.9 Å². The topological polar surface area (TPSA) is 9.23 Å². The van der Waals surface area contributed by atoms with E-state index in [1.807, 2.05) is 54.6 Å². The van der Waals surface area contributed by atoms with E-state index in [1.165, 1.54) is 23.8 Å². The van der Waals surface area contributed by atoms with Gasteiger partial charge in [0.1, 0.15) is 12.4 Å². The minimum absolute atomic E-state index is 0.0873. The van der Waals surface area contributed by atoms with Crippen molar-refractivity contribution in [3.8, 4) is 28.0 Å². The fourth-order valence-electron chi connectivity index (χ4n) is 3.73. The van der Waals surface area contributed by atoms with Crippen LogP contribution in [0.4, 0.5) is 13.2 Å². The molecule has 0 bridgehead atoms. The van der Waals surface area contributed by atoms with Crippen LogP contribution in [0.2, 0.25) is 0 Å². The summed E-state index contributed by atoms with van der Waals surface area (Å²) in [4.78, 5) is 0. The predicted molar refractivity (Wildman–Crippen MR) is 127 cm³/mol. The maximum Gasteiger partial charge on any atom is 0.201 e. The van der Waals surface area contributed by atoms with Crippen molar-refractivity contribution in [1.82, 2.24) is 0 Å². The molecule has 0 unspecified atom stereocenters. The van der Waals surface area contributed by atoms with Crippen LogP contribution in [-0.4, -0.2) is 0 Å². The normalized spacial score (nSPS) is 10.9. The molecule has 1 nitrogen and oxygen atoms in total. The van der Waals surface area contributed by atoms with Crippen LogP contribution in [0.25, 0.3) is 22.3 Å². The van der Waals surface area contributed by atoms with Crippen LogP contribution >= 0.6 is 0 Å². The summed E-state index contributed by atoms with van der Waals surface area (Å²) in [6.45, 7) is 3.91. The van der Waals surface area contributed by atoms with Crippen LogP contribution in [-0.2, 0) is 13.0 Å². The second-order valence-electron chi connectivity index (χ2n) is 8.14. The van der Waals surface area contributed by atoms with Crippen LogP contribution < -0.4 is 4.74 Å². The number of hydrogen-bond acceptors (Lipinski definition) is 1. The monoisotopic (exact) mass is 446 g/mol. The SMILES string of the molecule is CCCc1ccc(-c2ccc(OCc3ccc(-c4ccc(C)c(F)c4)cc3)c(F)c2F)cc1. The summed E-state index contributed by atoms with van der Waals surface area (Å²) in [6, 6.07) is 23.0. The molecule has 0 aliphatic carbocycles. The molecule has 0 amide bonds. The fraction of sp³-hybridized carbons (Fsp3) is 0.172. The number of halogens is 3. The van der Waals surface area contributed by atoms with Crippen molar-refractivity contribution in [2.45, 2.75) is 33.3 Å². The highest BCUT2D eigenvalue weighted by molar-refractivity contribution is 5.66. The first-order valence-corrected chi connectivity index (χ1v) is 11.0. The van der Waals surface area contributed by atoms with Crippen molar-refractivity contribution in [1.29, 1.82) is 0 Å². The highest BCUT2D eigenvalue weighted by Gasteiger charge is 2.16. The van der Waals surface area contributed by atoms with Gasteiger partial charge in [-0.25, -0.2) is 8.78 Å². The van der Waals surface area contributed by atoms with E-state index >= 15 is 0 Å². The van der Waals surface area contributed by atoms with E-state index in [-0.39, 0.29) is 23.7 Å². The van der Waals surface area contributed by atoms with E-state index in [4.69, 9.17) is 4.74 Å².